The van der Waals surface area contributed by atoms with E-state index in [1.54, 1.807) is 12.1 Å². The van der Waals surface area contributed by atoms with Crippen LogP contribution >= 0.6 is 0 Å². The van der Waals surface area contributed by atoms with E-state index in [0.29, 0.717) is 37.9 Å². The molecule has 0 aliphatic rings. The van der Waals surface area contributed by atoms with Gasteiger partial charge in [0.15, 0.2) is 5.78 Å². The summed E-state index contributed by atoms with van der Waals surface area (Å²) in [6.07, 6.45) is 1.48. The first-order chi connectivity index (χ1) is 11.5. The molecule has 0 bridgehead atoms. The van der Waals surface area contributed by atoms with E-state index in [0.717, 1.165) is 12.8 Å². The number of anilines is 1. The van der Waals surface area contributed by atoms with Crippen molar-refractivity contribution in [1.29, 1.82) is 0 Å². The van der Waals surface area contributed by atoms with E-state index in [1.165, 1.54) is 13.0 Å². The molecule has 5 nitrogen and oxygen atoms in total. The Morgan fingerprint density at radius 1 is 1.12 bits per heavy atom. The average molecular weight is 341 g/mol. The highest BCUT2D eigenvalue weighted by molar-refractivity contribution is 5.76. The Balaban J connectivity index is 2.07. The van der Waals surface area contributed by atoms with Crippen LogP contribution in [0.1, 0.15) is 33.6 Å². The maximum atomic E-state index is 13.8. The van der Waals surface area contributed by atoms with Gasteiger partial charge >= 0.3 is 0 Å². The highest BCUT2D eigenvalue weighted by Crippen LogP contribution is 2.21. The van der Waals surface area contributed by atoms with E-state index in [2.05, 4.69) is 5.32 Å². The molecule has 0 saturated carbocycles. The summed E-state index contributed by atoms with van der Waals surface area (Å²) in [5.74, 6) is 0.222. The second-order valence-corrected chi connectivity index (χ2v) is 5.86. The van der Waals surface area contributed by atoms with Gasteiger partial charge < -0.3 is 19.5 Å². The number of halogens is 1. The Morgan fingerprint density at radius 2 is 1.79 bits per heavy atom. The molecule has 24 heavy (non-hydrogen) atoms. The van der Waals surface area contributed by atoms with E-state index < -0.39 is 0 Å². The van der Waals surface area contributed by atoms with Gasteiger partial charge in [-0.2, -0.15) is 0 Å². The molecule has 0 unspecified atom stereocenters. The molecule has 136 valence electrons. The molecular weight excluding hydrogens is 313 g/mol. The number of ether oxygens (including phenoxy) is 3. The van der Waals surface area contributed by atoms with Crippen LogP contribution in [0.15, 0.2) is 18.2 Å². The number of ketones is 1. The Kier molecular flexibility index (Phi) is 10.0. The van der Waals surface area contributed by atoms with Crippen LogP contribution in [0.25, 0.3) is 0 Å². The van der Waals surface area contributed by atoms with Crippen molar-refractivity contribution in [3.63, 3.8) is 0 Å². The van der Waals surface area contributed by atoms with Crippen molar-refractivity contribution in [3.05, 3.63) is 24.0 Å². The number of carbonyl (C=O) groups is 1. The molecule has 0 radical (unpaired) electrons. The third-order valence-electron chi connectivity index (χ3n) is 2.97. The van der Waals surface area contributed by atoms with Crippen molar-refractivity contribution in [2.24, 2.45) is 0 Å². The molecule has 1 aromatic rings. The van der Waals surface area contributed by atoms with Crippen molar-refractivity contribution in [1.82, 2.24) is 0 Å². The Labute approximate surface area is 143 Å². The van der Waals surface area contributed by atoms with E-state index in [-0.39, 0.29) is 24.2 Å². The van der Waals surface area contributed by atoms with Crippen molar-refractivity contribution >= 4 is 11.5 Å². The van der Waals surface area contributed by atoms with Gasteiger partial charge in [-0.1, -0.05) is 0 Å². The molecule has 0 saturated heterocycles. The summed E-state index contributed by atoms with van der Waals surface area (Å²) in [5, 5.41) is 3.03. The van der Waals surface area contributed by atoms with Crippen LogP contribution < -0.4 is 10.1 Å². The minimum Gasteiger partial charge on any atom is -0.493 e. The highest BCUT2D eigenvalue weighted by atomic mass is 19.1. The number of hydrogen-bond donors (Lipinski definition) is 1. The lowest BCUT2D eigenvalue weighted by atomic mass is 10.2. The SMILES string of the molecule is CC(=O)COCCCOCCCOc1ccc(NC(C)C)c(F)c1. The minimum absolute atomic E-state index is 0.0255. The first kappa shape index (κ1) is 20.4. The standard InChI is InChI=1S/C18H28FNO4/c1-14(2)20-18-7-6-16(12-17(18)19)24-11-5-9-22-8-4-10-23-13-15(3)21/h6-7,12,14,20H,4-5,8-11,13H2,1-3H3. The molecule has 0 amide bonds. The van der Waals surface area contributed by atoms with Crippen LogP contribution in [0, 0.1) is 5.82 Å². The normalized spacial score (nSPS) is 10.9. The molecule has 0 aromatic heterocycles. The van der Waals surface area contributed by atoms with Crippen LogP contribution in [0.3, 0.4) is 0 Å². The molecule has 0 heterocycles. The fourth-order valence-electron chi connectivity index (χ4n) is 1.95. The summed E-state index contributed by atoms with van der Waals surface area (Å²) in [7, 11) is 0. The van der Waals surface area contributed by atoms with Crippen LogP contribution in [0.2, 0.25) is 0 Å². The molecule has 0 spiro atoms. The zero-order chi connectivity index (χ0) is 17.8. The zero-order valence-corrected chi connectivity index (χ0v) is 14.8. The third-order valence-corrected chi connectivity index (χ3v) is 2.97. The number of rotatable bonds is 13. The molecule has 0 aliphatic heterocycles. The van der Waals surface area contributed by atoms with Crippen molar-refractivity contribution < 1.29 is 23.4 Å². The van der Waals surface area contributed by atoms with E-state index in [9.17, 15) is 9.18 Å². The summed E-state index contributed by atoms with van der Waals surface area (Å²) < 4.78 is 29.9. The maximum Gasteiger partial charge on any atom is 0.155 e. The first-order valence-electron chi connectivity index (χ1n) is 8.33. The summed E-state index contributed by atoms with van der Waals surface area (Å²) in [6, 6.07) is 5.00. The van der Waals surface area contributed by atoms with Gasteiger partial charge in [0.2, 0.25) is 0 Å². The monoisotopic (exact) mass is 341 g/mol. The lowest BCUT2D eigenvalue weighted by Crippen LogP contribution is -2.11. The number of benzene rings is 1. The molecule has 1 aromatic carbocycles. The Morgan fingerprint density at radius 3 is 2.42 bits per heavy atom. The largest absolute Gasteiger partial charge is 0.493 e. The predicted molar refractivity (Wildman–Crippen MR) is 92.2 cm³/mol. The van der Waals surface area contributed by atoms with E-state index >= 15 is 0 Å². The van der Waals surface area contributed by atoms with Gasteiger partial charge in [-0.05, 0) is 39.3 Å². The predicted octanol–water partition coefficient (Wildman–Crippen LogP) is 3.43. The second kappa shape index (κ2) is 11.8. The summed E-state index contributed by atoms with van der Waals surface area (Å²) in [6.45, 7) is 7.72. The lowest BCUT2D eigenvalue weighted by Gasteiger charge is -2.12. The van der Waals surface area contributed by atoms with Crippen molar-refractivity contribution in [2.45, 2.75) is 39.7 Å². The average Bonchev–Trinajstić information content (AvgIpc) is 2.51. The molecule has 0 fully saturated rings. The van der Waals surface area contributed by atoms with Gasteiger partial charge in [-0.3, -0.25) is 4.79 Å². The summed E-state index contributed by atoms with van der Waals surface area (Å²) in [5.41, 5.74) is 0.479. The highest BCUT2D eigenvalue weighted by Gasteiger charge is 2.05. The van der Waals surface area contributed by atoms with E-state index in [1.807, 2.05) is 13.8 Å². The fourth-order valence-corrected chi connectivity index (χ4v) is 1.95. The molecule has 0 atom stereocenters. The second-order valence-electron chi connectivity index (χ2n) is 5.86. The number of carbonyl (C=O) groups excluding carboxylic acids is 1. The molecule has 1 rings (SSSR count). The number of hydrogen-bond acceptors (Lipinski definition) is 5. The molecular formula is C18H28FNO4. The van der Waals surface area contributed by atoms with Crippen LogP contribution in [0.5, 0.6) is 5.75 Å². The Bertz CT molecular complexity index is 494. The fraction of sp³-hybridized carbons (Fsp3) is 0.611. The Hall–Kier alpha value is -1.66. The van der Waals surface area contributed by atoms with Gasteiger partial charge in [0, 0.05) is 38.3 Å². The van der Waals surface area contributed by atoms with Gasteiger partial charge in [-0.15, -0.1) is 0 Å². The number of nitrogens with one attached hydrogen (secondary N) is 1. The summed E-state index contributed by atoms with van der Waals surface area (Å²) >= 11 is 0. The smallest absolute Gasteiger partial charge is 0.155 e. The first-order valence-corrected chi connectivity index (χ1v) is 8.33. The quantitative estimate of drug-likeness (QED) is 0.557. The van der Waals surface area contributed by atoms with Gasteiger partial charge in [0.1, 0.15) is 18.2 Å². The van der Waals surface area contributed by atoms with Gasteiger partial charge in [-0.25, -0.2) is 4.39 Å². The third kappa shape index (κ3) is 9.47. The van der Waals surface area contributed by atoms with Crippen molar-refractivity contribution in [2.75, 3.05) is 38.4 Å². The summed E-state index contributed by atoms with van der Waals surface area (Å²) in [4.78, 5) is 10.7. The van der Waals surface area contributed by atoms with Gasteiger partial charge in [0.05, 0.1) is 12.3 Å². The topological polar surface area (TPSA) is 56.8 Å². The number of Topliss-reactive ketones (excluding diaryl/α,β-unsaturated/α-hetero) is 1. The van der Waals surface area contributed by atoms with E-state index in [4.69, 9.17) is 14.2 Å². The minimum atomic E-state index is -0.317. The molecule has 6 heteroatoms. The molecule has 0 aliphatic carbocycles. The lowest BCUT2D eigenvalue weighted by molar-refractivity contribution is -0.121. The zero-order valence-electron chi connectivity index (χ0n) is 14.8. The van der Waals surface area contributed by atoms with Crippen LogP contribution in [0.4, 0.5) is 10.1 Å². The van der Waals surface area contributed by atoms with Crippen LogP contribution in [-0.4, -0.2) is 44.9 Å². The van der Waals surface area contributed by atoms with Crippen LogP contribution in [-0.2, 0) is 14.3 Å². The van der Waals surface area contributed by atoms with Crippen molar-refractivity contribution in [3.8, 4) is 5.75 Å². The molecule has 1 N–H and O–H groups in total. The van der Waals surface area contributed by atoms with Gasteiger partial charge in [0.25, 0.3) is 0 Å². The maximum absolute atomic E-state index is 13.8.